The van der Waals surface area contributed by atoms with Gasteiger partial charge in [0.2, 0.25) is 0 Å². The molecule has 20 heavy (non-hydrogen) atoms. The van der Waals surface area contributed by atoms with E-state index in [0.717, 1.165) is 11.1 Å². The molecule has 0 atom stereocenters. The van der Waals surface area contributed by atoms with Crippen LogP contribution in [0.3, 0.4) is 0 Å². The Morgan fingerprint density at radius 1 is 1.05 bits per heavy atom. The Morgan fingerprint density at radius 2 is 1.85 bits per heavy atom. The highest BCUT2D eigenvalue weighted by molar-refractivity contribution is 6.58. The third-order valence-corrected chi connectivity index (χ3v) is 3.09. The molecular formula is C13H11BN2O4. The number of ether oxygens (including phenoxy) is 1. The van der Waals surface area contributed by atoms with Gasteiger partial charge in [0.1, 0.15) is 16.8 Å². The Kier molecular flexibility index (Phi) is 3.13. The van der Waals surface area contributed by atoms with Crippen LogP contribution in [0.5, 0.6) is 5.75 Å². The SMILES string of the molecule is COc1ccc(B(O)O)cc1-c1ccc2nonc2c1. The molecule has 0 aliphatic carbocycles. The molecule has 0 aliphatic heterocycles. The van der Waals surface area contributed by atoms with Gasteiger partial charge in [-0.3, -0.25) is 0 Å². The van der Waals surface area contributed by atoms with Gasteiger partial charge in [-0.05, 0) is 39.5 Å². The summed E-state index contributed by atoms with van der Waals surface area (Å²) < 4.78 is 9.97. The molecule has 0 fully saturated rings. The molecule has 0 unspecified atom stereocenters. The number of aromatic nitrogens is 2. The van der Waals surface area contributed by atoms with E-state index in [2.05, 4.69) is 14.9 Å². The predicted octanol–water partition coefficient (Wildman–Crippen LogP) is 0.578. The lowest BCUT2D eigenvalue weighted by atomic mass is 9.79. The summed E-state index contributed by atoms with van der Waals surface area (Å²) in [5.41, 5.74) is 3.24. The Morgan fingerprint density at radius 3 is 2.60 bits per heavy atom. The van der Waals surface area contributed by atoms with E-state index >= 15 is 0 Å². The van der Waals surface area contributed by atoms with Crippen LogP contribution >= 0.6 is 0 Å². The van der Waals surface area contributed by atoms with Gasteiger partial charge in [0.15, 0.2) is 0 Å². The van der Waals surface area contributed by atoms with E-state index in [4.69, 9.17) is 4.74 Å². The Bertz CT molecular complexity index is 757. The van der Waals surface area contributed by atoms with Gasteiger partial charge in [-0.15, -0.1) is 0 Å². The average Bonchev–Trinajstić information content (AvgIpc) is 2.93. The van der Waals surface area contributed by atoms with Crippen LogP contribution in [0.4, 0.5) is 0 Å². The number of benzene rings is 2. The molecule has 0 amide bonds. The molecule has 1 heterocycles. The van der Waals surface area contributed by atoms with Crippen LogP contribution in [0.15, 0.2) is 41.0 Å². The van der Waals surface area contributed by atoms with Gasteiger partial charge in [0, 0.05) is 5.56 Å². The van der Waals surface area contributed by atoms with Crippen molar-refractivity contribution in [3.63, 3.8) is 0 Å². The molecule has 0 radical (unpaired) electrons. The number of methoxy groups -OCH3 is 1. The molecule has 3 rings (SSSR count). The van der Waals surface area contributed by atoms with Crippen molar-refractivity contribution in [2.24, 2.45) is 0 Å². The fourth-order valence-electron chi connectivity index (χ4n) is 2.06. The highest BCUT2D eigenvalue weighted by Gasteiger charge is 2.15. The zero-order valence-corrected chi connectivity index (χ0v) is 10.6. The average molecular weight is 270 g/mol. The molecule has 1 aromatic heterocycles. The first-order valence-electron chi connectivity index (χ1n) is 5.96. The second kappa shape index (κ2) is 4.95. The summed E-state index contributed by atoms with van der Waals surface area (Å²) in [4.78, 5) is 0. The minimum absolute atomic E-state index is 0.388. The standard InChI is InChI=1S/C13H11BN2O4/c1-19-13-5-3-9(14(17)18)7-10(13)8-2-4-11-12(6-8)16-20-15-11/h2-7,17-18H,1H3. The maximum Gasteiger partial charge on any atom is 0.488 e. The molecule has 3 aromatic rings. The zero-order valence-electron chi connectivity index (χ0n) is 10.6. The van der Waals surface area contributed by atoms with Crippen molar-refractivity contribution < 1.29 is 19.4 Å². The topological polar surface area (TPSA) is 88.6 Å². The predicted molar refractivity (Wildman–Crippen MR) is 73.6 cm³/mol. The summed E-state index contributed by atoms with van der Waals surface area (Å²) >= 11 is 0. The number of hydrogen-bond acceptors (Lipinski definition) is 6. The molecule has 2 aromatic carbocycles. The van der Waals surface area contributed by atoms with Crippen LogP contribution in [-0.4, -0.2) is 34.6 Å². The van der Waals surface area contributed by atoms with Crippen molar-refractivity contribution in [2.45, 2.75) is 0 Å². The minimum Gasteiger partial charge on any atom is -0.496 e. The molecule has 7 heteroatoms. The Hall–Kier alpha value is -2.38. The molecule has 6 nitrogen and oxygen atoms in total. The zero-order chi connectivity index (χ0) is 14.1. The third-order valence-electron chi connectivity index (χ3n) is 3.09. The number of hydrogen-bond donors (Lipinski definition) is 2. The van der Waals surface area contributed by atoms with E-state index in [1.807, 2.05) is 6.07 Å². The summed E-state index contributed by atoms with van der Waals surface area (Å²) in [5.74, 6) is 0.630. The van der Waals surface area contributed by atoms with Gasteiger partial charge in [-0.25, -0.2) is 4.63 Å². The molecule has 0 spiro atoms. The quantitative estimate of drug-likeness (QED) is 0.677. The first-order valence-corrected chi connectivity index (χ1v) is 5.96. The lowest BCUT2D eigenvalue weighted by Crippen LogP contribution is -2.29. The van der Waals surface area contributed by atoms with E-state index in [0.29, 0.717) is 22.2 Å². The molecule has 0 saturated heterocycles. The van der Waals surface area contributed by atoms with Crippen molar-refractivity contribution in [1.29, 1.82) is 0 Å². The lowest BCUT2D eigenvalue weighted by Gasteiger charge is -2.10. The second-order valence-corrected chi connectivity index (χ2v) is 4.30. The maximum absolute atomic E-state index is 9.27. The molecule has 0 saturated carbocycles. The van der Waals surface area contributed by atoms with Gasteiger partial charge in [-0.1, -0.05) is 18.2 Å². The molecule has 0 bridgehead atoms. The summed E-state index contributed by atoms with van der Waals surface area (Å²) in [7, 11) is 0.0291. The minimum atomic E-state index is -1.53. The van der Waals surface area contributed by atoms with E-state index in [1.165, 1.54) is 0 Å². The molecular weight excluding hydrogens is 259 g/mol. The van der Waals surface area contributed by atoms with E-state index in [9.17, 15) is 10.0 Å². The van der Waals surface area contributed by atoms with Gasteiger partial charge < -0.3 is 14.8 Å². The summed E-state index contributed by atoms with van der Waals surface area (Å²) in [5, 5.41) is 26.1. The maximum atomic E-state index is 9.27. The normalized spacial score (nSPS) is 10.8. The Labute approximate surface area is 114 Å². The van der Waals surface area contributed by atoms with Crippen LogP contribution in [0.2, 0.25) is 0 Å². The van der Waals surface area contributed by atoms with Crippen LogP contribution in [0, 0.1) is 0 Å². The first kappa shape index (κ1) is 12.6. The van der Waals surface area contributed by atoms with E-state index in [-0.39, 0.29) is 0 Å². The highest BCUT2D eigenvalue weighted by atomic mass is 16.6. The van der Waals surface area contributed by atoms with Gasteiger partial charge in [0.25, 0.3) is 0 Å². The van der Waals surface area contributed by atoms with Crippen molar-refractivity contribution in [2.75, 3.05) is 7.11 Å². The fourth-order valence-corrected chi connectivity index (χ4v) is 2.06. The fraction of sp³-hybridized carbons (Fsp3) is 0.0769. The highest BCUT2D eigenvalue weighted by Crippen LogP contribution is 2.30. The number of fused-ring (bicyclic) bond motifs is 1. The van der Waals surface area contributed by atoms with Crippen LogP contribution < -0.4 is 10.2 Å². The van der Waals surface area contributed by atoms with E-state index in [1.54, 1.807) is 37.4 Å². The molecule has 100 valence electrons. The molecule has 0 aliphatic rings. The lowest BCUT2D eigenvalue weighted by molar-refractivity contribution is 0.315. The summed E-state index contributed by atoms with van der Waals surface area (Å²) in [6.45, 7) is 0. The number of rotatable bonds is 3. The second-order valence-electron chi connectivity index (χ2n) is 4.30. The largest absolute Gasteiger partial charge is 0.496 e. The molecule has 2 N–H and O–H groups in total. The smallest absolute Gasteiger partial charge is 0.488 e. The van der Waals surface area contributed by atoms with Gasteiger partial charge in [-0.2, -0.15) is 0 Å². The van der Waals surface area contributed by atoms with Gasteiger partial charge >= 0.3 is 7.12 Å². The monoisotopic (exact) mass is 270 g/mol. The number of nitrogens with zero attached hydrogens (tertiary/aromatic N) is 2. The van der Waals surface area contributed by atoms with Crippen LogP contribution in [-0.2, 0) is 0 Å². The van der Waals surface area contributed by atoms with E-state index < -0.39 is 7.12 Å². The Balaban J connectivity index is 2.17. The summed E-state index contributed by atoms with van der Waals surface area (Å²) in [6.07, 6.45) is 0. The van der Waals surface area contributed by atoms with Crippen LogP contribution in [0.25, 0.3) is 22.2 Å². The first-order chi connectivity index (χ1) is 9.69. The van der Waals surface area contributed by atoms with Crippen molar-refractivity contribution in [3.8, 4) is 16.9 Å². The van der Waals surface area contributed by atoms with Crippen molar-refractivity contribution >= 4 is 23.6 Å². The summed E-state index contributed by atoms with van der Waals surface area (Å²) in [6, 6.07) is 10.4. The van der Waals surface area contributed by atoms with Crippen molar-refractivity contribution in [1.82, 2.24) is 10.3 Å². The van der Waals surface area contributed by atoms with Gasteiger partial charge in [0.05, 0.1) is 7.11 Å². The third kappa shape index (κ3) is 2.13. The van der Waals surface area contributed by atoms with Crippen LogP contribution in [0.1, 0.15) is 0 Å². The van der Waals surface area contributed by atoms with Crippen molar-refractivity contribution in [3.05, 3.63) is 36.4 Å².